The van der Waals surface area contributed by atoms with Crippen LogP contribution in [0.3, 0.4) is 0 Å². The summed E-state index contributed by atoms with van der Waals surface area (Å²) in [5.74, 6) is -0.993. The van der Waals surface area contributed by atoms with Gasteiger partial charge in [0, 0.05) is 34.0 Å². The topological polar surface area (TPSA) is 120 Å². The molecule has 8 heteroatoms. The minimum absolute atomic E-state index is 0.00178. The quantitative estimate of drug-likeness (QED) is 0.237. The van der Waals surface area contributed by atoms with Crippen molar-refractivity contribution in [1.29, 1.82) is 0 Å². The molecule has 0 aliphatic heterocycles. The van der Waals surface area contributed by atoms with Crippen LogP contribution in [0.1, 0.15) is 67.2 Å². The fourth-order valence-corrected chi connectivity index (χ4v) is 5.43. The van der Waals surface area contributed by atoms with E-state index in [-0.39, 0.29) is 35.1 Å². The highest BCUT2D eigenvalue weighted by atomic mass is 16.4. The monoisotopic (exact) mass is 528 g/mol. The molecule has 3 N–H and O–H groups in total. The Morgan fingerprint density at radius 2 is 1.59 bits per heavy atom. The standard InChI is InChI=1S/C31H32N2O6/c1-17(2)33(30(36)19-6-4-18(3)5-7-19)26-15-24-23-14-20(29(35)32-21-9-11-22(34)12-10-21)8-13-27(23)39-28(24)16-25(26)31(37)38/h8-19,34H,4-7H2,1-3H3,(H,32,35)(H,37,38). The smallest absolute Gasteiger partial charge is 0.337 e. The molecule has 0 atom stereocenters. The van der Waals surface area contributed by atoms with Crippen molar-refractivity contribution in [3.8, 4) is 5.75 Å². The number of carbonyl (C=O) groups is 3. The lowest BCUT2D eigenvalue weighted by molar-refractivity contribution is -0.123. The summed E-state index contributed by atoms with van der Waals surface area (Å²) in [6.07, 6.45) is 3.55. The van der Waals surface area contributed by atoms with Gasteiger partial charge in [-0.15, -0.1) is 0 Å². The number of phenols is 1. The van der Waals surface area contributed by atoms with Crippen LogP contribution >= 0.6 is 0 Å². The maximum absolute atomic E-state index is 13.7. The second-order valence-electron chi connectivity index (χ2n) is 10.7. The first-order valence-electron chi connectivity index (χ1n) is 13.3. The summed E-state index contributed by atoms with van der Waals surface area (Å²) < 4.78 is 5.97. The third kappa shape index (κ3) is 5.19. The number of hydrogen-bond donors (Lipinski definition) is 3. The Morgan fingerprint density at radius 3 is 2.23 bits per heavy atom. The van der Waals surface area contributed by atoms with E-state index in [1.54, 1.807) is 41.3 Å². The Bertz CT molecular complexity index is 1560. The molecule has 1 saturated carbocycles. The fourth-order valence-electron chi connectivity index (χ4n) is 5.43. The number of carboxylic acids is 1. The van der Waals surface area contributed by atoms with E-state index in [4.69, 9.17) is 4.42 Å². The number of benzene rings is 3. The molecule has 0 saturated heterocycles. The number of furan rings is 1. The highest BCUT2D eigenvalue weighted by Crippen LogP contribution is 2.38. The predicted molar refractivity (Wildman–Crippen MR) is 150 cm³/mol. The van der Waals surface area contributed by atoms with Gasteiger partial charge in [-0.2, -0.15) is 0 Å². The van der Waals surface area contributed by atoms with Gasteiger partial charge in [0.25, 0.3) is 5.91 Å². The summed E-state index contributed by atoms with van der Waals surface area (Å²) in [6, 6.07) is 14.1. The van der Waals surface area contributed by atoms with Crippen LogP contribution in [0.2, 0.25) is 0 Å². The minimum Gasteiger partial charge on any atom is -0.508 e. The van der Waals surface area contributed by atoms with Gasteiger partial charge >= 0.3 is 5.97 Å². The van der Waals surface area contributed by atoms with Crippen LogP contribution in [0.25, 0.3) is 21.9 Å². The zero-order valence-corrected chi connectivity index (χ0v) is 22.2. The van der Waals surface area contributed by atoms with Gasteiger partial charge in [0.05, 0.1) is 11.3 Å². The maximum Gasteiger partial charge on any atom is 0.337 e. The first kappa shape index (κ1) is 26.3. The van der Waals surface area contributed by atoms with Crippen LogP contribution in [0.15, 0.2) is 59.0 Å². The van der Waals surface area contributed by atoms with E-state index in [0.717, 1.165) is 25.7 Å². The van der Waals surface area contributed by atoms with Crippen LogP contribution in [0.5, 0.6) is 5.75 Å². The molecule has 0 radical (unpaired) electrons. The molecule has 8 nitrogen and oxygen atoms in total. The van der Waals surface area contributed by atoms with Crippen molar-refractivity contribution in [2.24, 2.45) is 11.8 Å². The zero-order valence-electron chi connectivity index (χ0n) is 22.2. The first-order valence-corrected chi connectivity index (χ1v) is 13.3. The van der Waals surface area contributed by atoms with E-state index in [1.807, 2.05) is 13.8 Å². The van der Waals surface area contributed by atoms with Crippen molar-refractivity contribution in [2.75, 3.05) is 10.2 Å². The van der Waals surface area contributed by atoms with Gasteiger partial charge in [0.2, 0.25) is 5.91 Å². The molecule has 0 unspecified atom stereocenters. The number of fused-ring (bicyclic) bond motifs is 3. The summed E-state index contributed by atoms with van der Waals surface area (Å²) in [6.45, 7) is 5.97. The van der Waals surface area contributed by atoms with Gasteiger partial charge in [0.1, 0.15) is 16.9 Å². The number of carboxylic acid groups (broad SMARTS) is 1. The van der Waals surface area contributed by atoms with Crippen LogP contribution in [0, 0.1) is 11.8 Å². The summed E-state index contributed by atoms with van der Waals surface area (Å²) >= 11 is 0. The molecule has 39 heavy (non-hydrogen) atoms. The molecular formula is C31H32N2O6. The lowest BCUT2D eigenvalue weighted by Crippen LogP contribution is -2.42. The molecule has 1 fully saturated rings. The summed E-state index contributed by atoms with van der Waals surface area (Å²) in [5.41, 5.74) is 2.11. The number of anilines is 2. The molecule has 1 heterocycles. The highest BCUT2D eigenvalue weighted by molar-refractivity contribution is 6.14. The molecule has 0 spiro atoms. The average molecular weight is 529 g/mol. The van der Waals surface area contributed by atoms with Crippen molar-refractivity contribution in [2.45, 2.75) is 52.5 Å². The number of nitrogens with zero attached hydrogens (tertiary/aromatic N) is 1. The van der Waals surface area contributed by atoms with Crippen molar-refractivity contribution in [1.82, 2.24) is 0 Å². The normalized spacial score (nSPS) is 17.4. The minimum atomic E-state index is -1.14. The number of amides is 2. The van der Waals surface area contributed by atoms with Crippen molar-refractivity contribution < 1.29 is 29.0 Å². The third-order valence-corrected chi connectivity index (χ3v) is 7.58. The lowest BCUT2D eigenvalue weighted by Gasteiger charge is -2.34. The Morgan fingerprint density at radius 1 is 0.923 bits per heavy atom. The second-order valence-corrected chi connectivity index (χ2v) is 10.7. The molecule has 5 rings (SSSR count). The van der Waals surface area contributed by atoms with Crippen LogP contribution < -0.4 is 10.2 Å². The number of carbonyl (C=O) groups excluding carboxylic acids is 2. The van der Waals surface area contributed by atoms with E-state index >= 15 is 0 Å². The molecular weight excluding hydrogens is 496 g/mol. The summed E-state index contributed by atoms with van der Waals surface area (Å²) in [5, 5.41) is 23.6. The number of phenolic OH excluding ortho intramolecular Hbond substituents is 1. The predicted octanol–water partition coefficient (Wildman–Crippen LogP) is 6.81. The van der Waals surface area contributed by atoms with E-state index in [2.05, 4.69) is 12.2 Å². The number of rotatable bonds is 6. The van der Waals surface area contributed by atoms with Gasteiger partial charge in [-0.25, -0.2) is 4.79 Å². The van der Waals surface area contributed by atoms with E-state index < -0.39 is 5.97 Å². The van der Waals surface area contributed by atoms with Crippen LogP contribution in [-0.2, 0) is 4.79 Å². The Kier molecular flexibility index (Phi) is 7.04. The molecule has 1 aliphatic carbocycles. The van der Waals surface area contributed by atoms with Gasteiger partial charge in [-0.3, -0.25) is 9.59 Å². The zero-order chi connectivity index (χ0) is 27.8. The van der Waals surface area contributed by atoms with Gasteiger partial charge < -0.3 is 24.8 Å². The van der Waals surface area contributed by atoms with E-state index in [0.29, 0.717) is 44.8 Å². The molecule has 1 aromatic heterocycles. The van der Waals surface area contributed by atoms with Crippen LogP contribution in [0.4, 0.5) is 11.4 Å². The van der Waals surface area contributed by atoms with Crippen molar-refractivity contribution >= 4 is 51.1 Å². The van der Waals surface area contributed by atoms with Crippen molar-refractivity contribution in [3.63, 3.8) is 0 Å². The number of aromatic carboxylic acids is 1. The lowest BCUT2D eigenvalue weighted by atomic mass is 9.82. The number of hydrogen-bond acceptors (Lipinski definition) is 5. The maximum atomic E-state index is 13.7. The first-order chi connectivity index (χ1) is 18.6. The van der Waals surface area contributed by atoms with Gasteiger partial charge in [-0.1, -0.05) is 6.92 Å². The molecule has 1 aliphatic rings. The third-order valence-electron chi connectivity index (χ3n) is 7.58. The second kappa shape index (κ2) is 10.4. The SMILES string of the molecule is CC1CCC(C(=O)N(c2cc3c(cc2C(=O)O)oc2ccc(C(=O)Nc4ccc(O)cc4)cc23)C(C)C)CC1. The van der Waals surface area contributed by atoms with E-state index in [1.165, 1.54) is 18.2 Å². The summed E-state index contributed by atoms with van der Waals surface area (Å²) in [7, 11) is 0. The number of nitrogens with one attached hydrogen (secondary N) is 1. The largest absolute Gasteiger partial charge is 0.508 e. The van der Waals surface area contributed by atoms with Crippen molar-refractivity contribution in [3.05, 3.63) is 65.7 Å². The molecule has 2 amide bonds. The fraction of sp³-hybridized carbons (Fsp3) is 0.323. The Balaban J connectivity index is 1.57. The van der Waals surface area contributed by atoms with Crippen LogP contribution in [-0.4, -0.2) is 34.0 Å². The molecule has 0 bridgehead atoms. The molecule has 3 aromatic carbocycles. The van der Waals surface area contributed by atoms with Gasteiger partial charge in [-0.05, 0) is 100 Å². The van der Waals surface area contributed by atoms with E-state index in [9.17, 15) is 24.6 Å². The number of aromatic hydroxyl groups is 1. The van der Waals surface area contributed by atoms with Gasteiger partial charge in [0.15, 0.2) is 0 Å². The molecule has 4 aromatic rings. The average Bonchev–Trinajstić information content (AvgIpc) is 3.26. The molecule has 202 valence electrons. The summed E-state index contributed by atoms with van der Waals surface area (Å²) in [4.78, 5) is 40.7. The Hall–Kier alpha value is -4.33. The Labute approximate surface area is 226 Å². The highest BCUT2D eigenvalue weighted by Gasteiger charge is 2.33.